The minimum atomic E-state index is -0.469. The molecule has 0 aliphatic rings. The number of benzene rings is 2. The Labute approximate surface area is 155 Å². The van der Waals surface area contributed by atoms with Gasteiger partial charge in [0.25, 0.3) is 0 Å². The highest BCUT2D eigenvalue weighted by molar-refractivity contribution is 9.10. The Balaban J connectivity index is 2.02. The summed E-state index contributed by atoms with van der Waals surface area (Å²) in [5.41, 5.74) is 1.05. The predicted octanol–water partition coefficient (Wildman–Crippen LogP) is 4.66. The number of amides is 1. The molecule has 0 unspecified atom stereocenters. The van der Waals surface area contributed by atoms with Gasteiger partial charge in [-0.2, -0.15) is 0 Å². The number of rotatable bonds is 6. The van der Waals surface area contributed by atoms with Crippen molar-refractivity contribution in [1.29, 1.82) is 0 Å². The number of hydrogen-bond donors (Lipinski definition) is 1. The number of carbonyl (C=O) groups is 2. The van der Waals surface area contributed by atoms with Crippen molar-refractivity contribution in [2.75, 3.05) is 11.9 Å². The molecular weight excluding hydrogens is 386 g/mol. The lowest BCUT2D eigenvalue weighted by Gasteiger charge is -2.11. The lowest BCUT2D eigenvalue weighted by atomic mass is 10.2. The molecule has 0 fully saturated rings. The second kappa shape index (κ2) is 8.67. The van der Waals surface area contributed by atoms with Crippen molar-refractivity contribution < 1.29 is 19.1 Å². The molecule has 1 amide bonds. The van der Waals surface area contributed by atoms with Gasteiger partial charge in [-0.15, -0.1) is 0 Å². The maximum atomic E-state index is 12.3. The smallest absolute Gasteiger partial charge is 0.343 e. The molecule has 6 heteroatoms. The molecule has 2 rings (SSSR count). The van der Waals surface area contributed by atoms with Gasteiger partial charge in [0, 0.05) is 12.6 Å². The molecule has 5 nitrogen and oxygen atoms in total. The lowest BCUT2D eigenvalue weighted by Crippen LogP contribution is -2.10. The number of ether oxygens (including phenoxy) is 2. The summed E-state index contributed by atoms with van der Waals surface area (Å²) in [5, 5.41) is 2.65. The molecule has 0 heterocycles. The van der Waals surface area contributed by atoms with Crippen LogP contribution in [0.15, 0.2) is 46.9 Å². The average molecular weight is 406 g/mol. The minimum Gasteiger partial charge on any atom is -0.492 e. The highest BCUT2D eigenvalue weighted by atomic mass is 79.9. The largest absolute Gasteiger partial charge is 0.492 e. The van der Waals surface area contributed by atoms with Crippen LogP contribution in [0.3, 0.4) is 0 Å². The molecule has 0 aliphatic carbocycles. The highest BCUT2D eigenvalue weighted by Crippen LogP contribution is 2.27. The molecule has 25 heavy (non-hydrogen) atoms. The molecule has 1 N–H and O–H groups in total. The predicted molar refractivity (Wildman–Crippen MR) is 100 cm³/mol. The summed E-state index contributed by atoms with van der Waals surface area (Å²) in [6.07, 6.45) is 0. The number of hydrogen-bond acceptors (Lipinski definition) is 4. The Morgan fingerprint density at radius 2 is 1.80 bits per heavy atom. The zero-order valence-corrected chi connectivity index (χ0v) is 15.9. The van der Waals surface area contributed by atoms with Crippen LogP contribution in [0.25, 0.3) is 0 Å². The van der Waals surface area contributed by atoms with Gasteiger partial charge in [-0.05, 0) is 64.3 Å². The van der Waals surface area contributed by atoms with Crippen molar-refractivity contribution >= 4 is 33.5 Å². The normalized spacial score (nSPS) is 10.4. The van der Waals surface area contributed by atoms with E-state index in [1.165, 1.54) is 6.92 Å². The number of halogens is 1. The quantitative estimate of drug-likeness (QED) is 0.560. The van der Waals surface area contributed by atoms with Gasteiger partial charge in [0.2, 0.25) is 5.91 Å². The van der Waals surface area contributed by atoms with E-state index < -0.39 is 5.97 Å². The SMILES string of the molecule is CC(=O)Nc1ccc(OC(=O)c2ccc(OCC(C)C)c(Br)c2)cc1. The zero-order chi connectivity index (χ0) is 18.4. The molecule has 132 valence electrons. The van der Waals surface area contributed by atoms with Gasteiger partial charge < -0.3 is 14.8 Å². The number of esters is 1. The van der Waals surface area contributed by atoms with E-state index in [0.29, 0.717) is 39.7 Å². The van der Waals surface area contributed by atoms with Gasteiger partial charge in [0.15, 0.2) is 0 Å². The number of anilines is 1. The Bertz CT molecular complexity index is 757. The average Bonchev–Trinajstić information content (AvgIpc) is 2.54. The third kappa shape index (κ3) is 5.90. The van der Waals surface area contributed by atoms with Gasteiger partial charge >= 0.3 is 5.97 Å². The minimum absolute atomic E-state index is 0.158. The van der Waals surface area contributed by atoms with E-state index in [-0.39, 0.29) is 5.91 Å². The Morgan fingerprint density at radius 1 is 1.12 bits per heavy atom. The van der Waals surface area contributed by atoms with Crippen LogP contribution in [0, 0.1) is 5.92 Å². The number of carbonyl (C=O) groups excluding carboxylic acids is 2. The van der Waals surface area contributed by atoms with Crippen LogP contribution in [0.2, 0.25) is 0 Å². The zero-order valence-electron chi connectivity index (χ0n) is 14.3. The molecule has 0 saturated carbocycles. The topological polar surface area (TPSA) is 64.6 Å². The summed E-state index contributed by atoms with van der Waals surface area (Å²) in [5.74, 6) is 0.870. The maximum absolute atomic E-state index is 12.3. The molecule has 2 aromatic rings. The highest BCUT2D eigenvalue weighted by Gasteiger charge is 2.12. The third-order valence-corrected chi connectivity index (χ3v) is 3.74. The fourth-order valence-corrected chi connectivity index (χ4v) is 2.47. The Hall–Kier alpha value is -2.34. The van der Waals surface area contributed by atoms with Crippen LogP contribution < -0.4 is 14.8 Å². The van der Waals surface area contributed by atoms with Crippen molar-refractivity contribution in [2.45, 2.75) is 20.8 Å². The van der Waals surface area contributed by atoms with E-state index >= 15 is 0 Å². The molecule has 2 aromatic carbocycles. The van der Waals surface area contributed by atoms with Gasteiger partial charge in [-0.1, -0.05) is 13.8 Å². The molecule has 0 saturated heterocycles. The van der Waals surface area contributed by atoms with E-state index in [9.17, 15) is 9.59 Å². The van der Waals surface area contributed by atoms with E-state index in [2.05, 4.69) is 35.1 Å². The summed E-state index contributed by atoms with van der Waals surface area (Å²) in [6.45, 7) is 6.16. The summed E-state index contributed by atoms with van der Waals surface area (Å²) >= 11 is 3.41. The van der Waals surface area contributed by atoms with Crippen molar-refractivity contribution in [3.05, 3.63) is 52.5 Å². The second-order valence-corrected chi connectivity index (χ2v) is 6.80. The van der Waals surface area contributed by atoms with Crippen molar-refractivity contribution in [3.63, 3.8) is 0 Å². The third-order valence-electron chi connectivity index (χ3n) is 3.12. The van der Waals surface area contributed by atoms with E-state index in [0.717, 1.165) is 0 Å². The molecule has 0 aromatic heterocycles. The van der Waals surface area contributed by atoms with Gasteiger partial charge in [-0.3, -0.25) is 4.79 Å². The first kappa shape index (κ1) is 19.0. The van der Waals surface area contributed by atoms with E-state index in [1.807, 2.05) is 0 Å². The molecule has 0 bridgehead atoms. The summed E-state index contributed by atoms with van der Waals surface area (Å²) in [6, 6.07) is 11.7. The Morgan fingerprint density at radius 3 is 2.36 bits per heavy atom. The van der Waals surface area contributed by atoms with Crippen molar-refractivity contribution in [1.82, 2.24) is 0 Å². The maximum Gasteiger partial charge on any atom is 0.343 e. The van der Waals surface area contributed by atoms with Crippen LogP contribution in [-0.4, -0.2) is 18.5 Å². The van der Waals surface area contributed by atoms with Crippen LogP contribution in [-0.2, 0) is 4.79 Å². The van der Waals surface area contributed by atoms with Crippen LogP contribution in [0.1, 0.15) is 31.1 Å². The molecule has 0 atom stereocenters. The van der Waals surface area contributed by atoms with Crippen LogP contribution >= 0.6 is 15.9 Å². The van der Waals surface area contributed by atoms with Crippen LogP contribution in [0.4, 0.5) is 5.69 Å². The first-order valence-electron chi connectivity index (χ1n) is 7.87. The summed E-state index contributed by atoms with van der Waals surface area (Å²) in [4.78, 5) is 23.2. The van der Waals surface area contributed by atoms with Crippen LogP contribution in [0.5, 0.6) is 11.5 Å². The standard InChI is InChI=1S/C19H20BrNO4/c1-12(2)11-24-18-9-4-14(10-17(18)20)19(23)25-16-7-5-15(6-8-16)21-13(3)22/h4-10,12H,11H2,1-3H3,(H,21,22). The molecule has 0 radical (unpaired) electrons. The molecule has 0 spiro atoms. The molecule has 0 aliphatic heterocycles. The lowest BCUT2D eigenvalue weighted by molar-refractivity contribution is -0.114. The summed E-state index contributed by atoms with van der Waals surface area (Å²) in [7, 11) is 0. The second-order valence-electron chi connectivity index (χ2n) is 5.95. The number of nitrogens with one attached hydrogen (secondary N) is 1. The molecular formula is C19H20BrNO4. The first-order valence-corrected chi connectivity index (χ1v) is 8.66. The van der Waals surface area contributed by atoms with E-state index in [1.54, 1.807) is 42.5 Å². The monoisotopic (exact) mass is 405 g/mol. The van der Waals surface area contributed by atoms with Crippen molar-refractivity contribution in [2.24, 2.45) is 5.92 Å². The Kier molecular flexibility index (Phi) is 6.58. The fourth-order valence-electron chi connectivity index (χ4n) is 1.98. The fraction of sp³-hybridized carbons (Fsp3) is 0.263. The van der Waals surface area contributed by atoms with E-state index in [4.69, 9.17) is 9.47 Å². The van der Waals surface area contributed by atoms with Gasteiger partial charge in [0.05, 0.1) is 16.6 Å². The van der Waals surface area contributed by atoms with Gasteiger partial charge in [-0.25, -0.2) is 4.79 Å². The van der Waals surface area contributed by atoms with Gasteiger partial charge in [0.1, 0.15) is 11.5 Å². The first-order chi connectivity index (χ1) is 11.8. The van der Waals surface area contributed by atoms with Crippen molar-refractivity contribution in [3.8, 4) is 11.5 Å². The summed E-state index contributed by atoms with van der Waals surface area (Å²) < 4.78 is 11.7.